The van der Waals surface area contributed by atoms with Crippen molar-refractivity contribution in [2.24, 2.45) is 5.73 Å². The zero-order valence-electron chi connectivity index (χ0n) is 12.6. The van der Waals surface area contributed by atoms with Gasteiger partial charge in [0.05, 0.1) is 13.2 Å². The third-order valence-corrected chi connectivity index (χ3v) is 3.44. The molecule has 4 nitrogen and oxygen atoms in total. The van der Waals surface area contributed by atoms with Crippen molar-refractivity contribution in [2.75, 3.05) is 7.11 Å². The Morgan fingerprint density at radius 1 is 1.35 bits per heavy atom. The maximum absolute atomic E-state index is 6.37. The van der Waals surface area contributed by atoms with Gasteiger partial charge in [0.1, 0.15) is 11.6 Å². The Bertz CT molecular complexity index is 575. The molecule has 20 heavy (non-hydrogen) atoms. The van der Waals surface area contributed by atoms with Crippen molar-refractivity contribution in [3.05, 3.63) is 47.5 Å². The van der Waals surface area contributed by atoms with Crippen molar-refractivity contribution in [3.8, 4) is 5.75 Å². The van der Waals surface area contributed by atoms with Crippen LogP contribution < -0.4 is 10.5 Å². The number of aryl methyl sites for hydroxylation is 1. The summed E-state index contributed by atoms with van der Waals surface area (Å²) in [4.78, 5) is 4.40. The molecular weight excluding hydrogens is 250 g/mol. The Kier molecular flexibility index (Phi) is 4.45. The first-order valence-corrected chi connectivity index (χ1v) is 6.94. The average molecular weight is 273 g/mol. The van der Waals surface area contributed by atoms with E-state index in [0.717, 1.165) is 17.1 Å². The van der Waals surface area contributed by atoms with Crippen LogP contribution in [-0.2, 0) is 6.54 Å². The van der Waals surface area contributed by atoms with Crippen LogP contribution in [0.1, 0.15) is 42.8 Å². The second-order valence-corrected chi connectivity index (χ2v) is 5.44. The Labute approximate surface area is 120 Å². The maximum atomic E-state index is 6.37. The lowest BCUT2D eigenvalue weighted by Gasteiger charge is -2.19. The van der Waals surface area contributed by atoms with Gasteiger partial charge in [-0.3, -0.25) is 0 Å². The summed E-state index contributed by atoms with van der Waals surface area (Å²) in [5, 5.41) is 0. The summed E-state index contributed by atoms with van der Waals surface area (Å²) < 4.78 is 7.54. The van der Waals surface area contributed by atoms with Crippen LogP contribution in [0.25, 0.3) is 0 Å². The van der Waals surface area contributed by atoms with Crippen LogP contribution in [-0.4, -0.2) is 16.7 Å². The van der Waals surface area contributed by atoms with Crippen molar-refractivity contribution < 1.29 is 4.74 Å². The van der Waals surface area contributed by atoms with Gasteiger partial charge in [0.2, 0.25) is 0 Å². The lowest BCUT2D eigenvalue weighted by Crippen LogP contribution is -2.20. The number of nitrogens with zero attached hydrogens (tertiary/aromatic N) is 2. The number of benzene rings is 1. The van der Waals surface area contributed by atoms with Crippen LogP contribution in [0, 0.1) is 6.92 Å². The number of rotatable bonds is 5. The zero-order chi connectivity index (χ0) is 14.7. The molecule has 0 amide bonds. The van der Waals surface area contributed by atoms with Crippen molar-refractivity contribution in [1.82, 2.24) is 9.55 Å². The Hall–Kier alpha value is -1.81. The minimum atomic E-state index is -0.114. The van der Waals surface area contributed by atoms with Gasteiger partial charge in [-0.2, -0.15) is 0 Å². The molecule has 0 fully saturated rings. The maximum Gasteiger partial charge on any atom is 0.123 e. The molecule has 0 saturated carbocycles. The largest absolute Gasteiger partial charge is 0.496 e. The molecule has 1 aromatic heterocycles. The van der Waals surface area contributed by atoms with Crippen LogP contribution in [0.2, 0.25) is 0 Å². The van der Waals surface area contributed by atoms with E-state index in [4.69, 9.17) is 10.5 Å². The van der Waals surface area contributed by atoms with Crippen molar-refractivity contribution in [2.45, 2.75) is 39.3 Å². The number of hydrogen-bond acceptors (Lipinski definition) is 3. The number of nitrogens with two attached hydrogens (primary N) is 1. The molecule has 0 aliphatic rings. The summed E-state index contributed by atoms with van der Waals surface area (Å²) in [6, 6.07) is 5.99. The van der Waals surface area contributed by atoms with E-state index in [1.165, 1.54) is 5.56 Å². The van der Waals surface area contributed by atoms with Gasteiger partial charge in [-0.25, -0.2) is 4.98 Å². The highest BCUT2D eigenvalue weighted by atomic mass is 16.5. The SMILES string of the molecule is COc1ccc(C)cc1C(N)Cn1ccnc1C(C)C. The summed E-state index contributed by atoms with van der Waals surface area (Å²) in [5.41, 5.74) is 8.60. The van der Waals surface area contributed by atoms with E-state index in [1.807, 2.05) is 24.5 Å². The molecule has 2 aromatic rings. The fourth-order valence-electron chi connectivity index (χ4n) is 2.43. The number of aromatic nitrogens is 2. The van der Waals surface area contributed by atoms with E-state index >= 15 is 0 Å². The standard InChI is InChI=1S/C16H23N3O/c1-11(2)16-18-7-8-19(16)10-14(17)13-9-12(3)5-6-15(13)20-4/h5-9,11,14H,10,17H2,1-4H3. The van der Waals surface area contributed by atoms with Crippen LogP contribution >= 0.6 is 0 Å². The van der Waals surface area contributed by atoms with Crippen LogP contribution in [0.3, 0.4) is 0 Å². The molecule has 0 aliphatic carbocycles. The third-order valence-electron chi connectivity index (χ3n) is 3.44. The number of methoxy groups -OCH3 is 1. The lowest BCUT2D eigenvalue weighted by atomic mass is 10.0. The first-order chi connectivity index (χ1) is 9.52. The van der Waals surface area contributed by atoms with E-state index in [0.29, 0.717) is 12.5 Å². The monoisotopic (exact) mass is 273 g/mol. The summed E-state index contributed by atoms with van der Waals surface area (Å²) >= 11 is 0. The summed E-state index contributed by atoms with van der Waals surface area (Å²) in [5.74, 6) is 2.29. The molecule has 1 atom stereocenters. The van der Waals surface area contributed by atoms with Crippen LogP contribution in [0.4, 0.5) is 0 Å². The average Bonchev–Trinajstić information content (AvgIpc) is 2.87. The molecule has 1 heterocycles. The smallest absolute Gasteiger partial charge is 0.123 e. The summed E-state index contributed by atoms with van der Waals surface area (Å²) in [6.07, 6.45) is 3.81. The van der Waals surface area contributed by atoms with E-state index in [-0.39, 0.29) is 6.04 Å². The van der Waals surface area contributed by atoms with Crippen LogP contribution in [0.5, 0.6) is 5.75 Å². The molecule has 2 N–H and O–H groups in total. The molecule has 2 rings (SSSR count). The second-order valence-electron chi connectivity index (χ2n) is 5.44. The van der Waals surface area contributed by atoms with Gasteiger partial charge in [0, 0.05) is 30.4 Å². The molecule has 0 radical (unpaired) electrons. The normalized spacial score (nSPS) is 12.7. The minimum absolute atomic E-state index is 0.114. The Morgan fingerprint density at radius 3 is 2.75 bits per heavy atom. The summed E-state index contributed by atoms with van der Waals surface area (Å²) in [7, 11) is 1.68. The molecule has 0 bridgehead atoms. The highest BCUT2D eigenvalue weighted by molar-refractivity contribution is 5.39. The van der Waals surface area contributed by atoms with Crippen molar-refractivity contribution in [3.63, 3.8) is 0 Å². The fourth-order valence-corrected chi connectivity index (χ4v) is 2.43. The van der Waals surface area contributed by atoms with Gasteiger partial charge in [-0.15, -0.1) is 0 Å². The van der Waals surface area contributed by atoms with Gasteiger partial charge in [-0.05, 0) is 13.0 Å². The minimum Gasteiger partial charge on any atom is -0.496 e. The van der Waals surface area contributed by atoms with E-state index in [1.54, 1.807) is 7.11 Å². The van der Waals surface area contributed by atoms with Crippen molar-refractivity contribution >= 4 is 0 Å². The number of imidazole rings is 1. The first-order valence-electron chi connectivity index (χ1n) is 6.94. The van der Waals surface area contributed by atoms with E-state index in [9.17, 15) is 0 Å². The number of hydrogen-bond donors (Lipinski definition) is 1. The molecule has 1 unspecified atom stereocenters. The van der Waals surface area contributed by atoms with Gasteiger partial charge >= 0.3 is 0 Å². The highest BCUT2D eigenvalue weighted by Gasteiger charge is 2.15. The molecular formula is C16H23N3O. The second kappa shape index (κ2) is 6.09. The lowest BCUT2D eigenvalue weighted by molar-refractivity contribution is 0.401. The first kappa shape index (κ1) is 14.6. The highest BCUT2D eigenvalue weighted by Crippen LogP contribution is 2.26. The molecule has 0 spiro atoms. The fraction of sp³-hybridized carbons (Fsp3) is 0.438. The number of ether oxygens (including phenoxy) is 1. The van der Waals surface area contributed by atoms with Gasteiger partial charge < -0.3 is 15.0 Å². The predicted molar refractivity (Wildman–Crippen MR) is 81.0 cm³/mol. The van der Waals surface area contributed by atoms with Crippen LogP contribution in [0.15, 0.2) is 30.6 Å². The molecule has 0 saturated heterocycles. The van der Waals surface area contributed by atoms with Crippen molar-refractivity contribution in [1.29, 1.82) is 0 Å². The van der Waals surface area contributed by atoms with Gasteiger partial charge in [0.15, 0.2) is 0 Å². The molecule has 108 valence electrons. The topological polar surface area (TPSA) is 53.1 Å². The molecule has 0 aliphatic heterocycles. The van der Waals surface area contributed by atoms with Gasteiger partial charge in [-0.1, -0.05) is 31.5 Å². The molecule has 4 heteroatoms. The quantitative estimate of drug-likeness (QED) is 0.911. The van der Waals surface area contributed by atoms with Gasteiger partial charge in [0.25, 0.3) is 0 Å². The Morgan fingerprint density at radius 2 is 2.10 bits per heavy atom. The Balaban J connectivity index is 2.26. The molecule has 1 aromatic carbocycles. The zero-order valence-corrected chi connectivity index (χ0v) is 12.6. The predicted octanol–water partition coefficient (Wildman–Crippen LogP) is 3.02. The summed E-state index contributed by atoms with van der Waals surface area (Å²) in [6.45, 7) is 7.04. The van der Waals surface area contributed by atoms with E-state index in [2.05, 4.69) is 36.4 Å². The third kappa shape index (κ3) is 3.02. The van der Waals surface area contributed by atoms with E-state index < -0.39 is 0 Å².